The van der Waals surface area contributed by atoms with Gasteiger partial charge in [-0.05, 0) is 18.4 Å². The summed E-state index contributed by atoms with van der Waals surface area (Å²) in [6.07, 6.45) is 1.97. The van der Waals surface area contributed by atoms with Gasteiger partial charge in [0, 0.05) is 7.11 Å². The molecule has 1 aliphatic heterocycles. The summed E-state index contributed by atoms with van der Waals surface area (Å²) in [7, 11) is 1.74. The second kappa shape index (κ2) is 5.68. The van der Waals surface area contributed by atoms with E-state index in [0.717, 1.165) is 12.8 Å². The Morgan fingerprint density at radius 1 is 1.47 bits per heavy atom. The van der Waals surface area contributed by atoms with Crippen LogP contribution in [0.15, 0.2) is 35.3 Å². The second-order valence-electron chi connectivity index (χ2n) is 4.14. The Kier molecular flexibility index (Phi) is 3.98. The molecule has 4 nitrogen and oxygen atoms in total. The molecule has 4 heteroatoms. The lowest BCUT2D eigenvalue weighted by Crippen LogP contribution is -2.11. The van der Waals surface area contributed by atoms with Gasteiger partial charge in [0.25, 0.3) is 6.02 Å². The van der Waals surface area contributed by atoms with E-state index in [2.05, 4.69) is 17.1 Å². The lowest BCUT2D eigenvalue weighted by Gasteiger charge is -2.16. The van der Waals surface area contributed by atoms with Gasteiger partial charge in [-0.15, -0.1) is 0 Å². The molecule has 0 aliphatic carbocycles. The summed E-state index contributed by atoms with van der Waals surface area (Å²) in [4.78, 5) is 4.21. The molecule has 2 unspecified atom stereocenters. The van der Waals surface area contributed by atoms with E-state index in [1.54, 1.807) is 7.11 Å². The third-order valence-electron chi connectivity index (χ3n) is 2.95. The number of rotatable bonds is 5. The molecule has 0 bridgehead atoms. The van der Waals surface area contributed by atoms with E-state index in [4.69, 9.17) is 15.2 Å². The van der Waals surface area contributed by atoms with Crippen LogP contribution in [0.4, 0.5) is 0 Å². The van der Waals surface area contributed by atoms with Crippen LogP contribution in [0.5, 0.6) is 0 Å². The van der Waals surface area contributed by atoms with E-state index < -0.39 is 0 Å². The van der Waals surface area contributed by atoms with Crippen LogP contribution in [0.3, 0.4) is 0 Å². The Morgan fingerprint density at radius 2 is 2.24 bits per heavy atom. The molecule has 1 heterocycles. The minimum absolute atomic E-state index is 0.119. The van der Waals surface area contributed by atoms with E-state index in [9.17, 15) is 0 Å². The van der Waals surface area contributed by atoms with Crippen LogP contribution in [0.2, 0.25) is 0 Å². The first-order valence-electron chi connectivity index (χ1n) is 5.83. The van der Waals surface area contributed by atoms with Gasteiger partial charge in [-0.1, -0.05) is 30.3 Å². The molecule has 2 N–H and O–H groups in total. The monoisotopic (exact) mass is 234 g/mol. The van der Waals surface area contributed by atoms with Crippen molar-refractivity contribution < 1.29 is 9.47 Å². The van der Waals surface area contributed by atoms with Crippen molar-refractivity contribution in [1.82, 2.24) is 0 Å². The normalized spacial score (nSPS) is 20.8. The van der Waals surface area contributed by atoms with Crippen LogP contribution in [-0.4, -0.2) is 25.8 Å². The van der Waals surface area contributed by atoms with Gasteiger partial charge in [-0.25, -0.2) is 4.99 Å². The highest BCUT2D eigenvalue weighted by Gasteiger charge is 2.19. The third kappa shape index (κ3) is 3.20. The summed E-state index contributed by atoms with van der Waals surface area (Å²) in [5.74, 6) is 0. The van der Waals surface area contributed by atoms with Crippen LogP contribution in [0, 0.1) is 0 Å². The van der Waals surface area contributed by atoms with E-state index in [1.165, 1.54) is 5.56 Å². The van der Waals surface area contributed by atoms with Crippen molar-refractivity contribution in [2.75, 3.05) is 13.7 Å². The smallest absolute Gasteiger partial charge is 0.282 e. The zero-order valence-electron chi connectivity index (χ0n) is 10.0. The lowest BCUT2D eigenvalue weighted by atomic mass is 10.0. The zero-order chi connectivity index (χ0) is 12.1. The molecule has 1 aromatic rings. The topological polar surface area (TPSA) is 56.8 Å². The largest absolute Gasteiger partial charge is 0.463 e. The van der Waals surface area contributed by atoms with Crippen molar-refractivity contribution >= 4 is 6.02 Å². The summed E-state index contributed by atoms with van der Waals surface area (Å²) >= 11 is 0. The number of methoxy groups -OCH3 is 1. The van der Waals surface area contributed by atoms with Gasteiger partial charge in [-0.3, -0.25) is 0 Å². The highest BCUT2D eigenvalue weighted by atomic mass is 16.5. The number of amidine groups is 1. The van der Waals surface area contributed by atoms with Crippen LogP contribution in [-0.2, 0) is 9.47 Å². The van der Waals surface area contributed by atoms with E-state index in [1.807, 2.05) is 18.2 Å². The molecule has 2 atom stereocenters. The first kappa shape index (κ1) is 11.9. The average Bonchev–Trinajstić information content (AvgIpc) is 2.77. The molecule has 17 heavy (non-hydrogen) atoms. The molecule has 0 radical (unpaired) electrons. The SMILES string of the molecule is COC(CCC1COC(N)=N1)c1ccccc1. The lowest BCUT2D eigenvalue weighted by molar-refractivity contribution is 0.0911. The van der Waals surface area contributed by atoms with Crippen LogP contribution < -0.4 is 5.73 Å². The van der Waals surface area contributed by atoms with Crippen molar-refractivity contribution in [2.45, 2.75) is 25.0 Å². The van der Waals surface area contributed by atoms with Crippen molar-refractivity contribution in [2.24, 2.45) is 10.7 Å². The second-order valence-corrected chi connectivity index (χ2v) is 4.14. The molecule has 0 aromatic heterocycles. The van der Waals surface area contributed by atoms with Gasteiger partial charge < -0.3 is 15.2 Å². The fraction of sp³-hybridized carbons (Fsp3) is 0.462. The van der Waals surface area contributed by atoms with Gasteiger partial charge >= 0.3 is 0 Å². The fourth-order valence-corrected chi connectivity index (χ4v) is 2.02. The summed E-state index contributed by atoms with van der Waals surface area (Å²) in [6.45, 7) is 0.594. The van der Waals surface area contributed by atoms with Crippen molar-refractivity contribution in [3.8, 4) is 0 Å². The van der Waals surface area contributed by atoms with Crippen molar-refractivity contribution in [1.29, 1.82) is 0 Å². The summed E-state index contributed by atoms with van der Waals surface area (Å²) < 4.78 is 10.6. The van der Waals surface area contributed by atoms with Gasteiger partial charge in [-0.2, -0.15) is 0 Å². The average molecular weight is 234 g/mol. The maximum absolute atomic E-state index is 5.50. The van der Waals surface area contributed by atoms with Gasteiger partial charge in [0.2, 0.25) is 0 Å². The first-order valence-corrected chi connectivity index (χ1v) is 5.83. The van der Waals surface area contributed by atoms with E-state index in [-0.39, 0.29) is 12.1 Å². The van der Waals surface area contributed by atoms with E-state index >= 15 is 0 Å². The fourth-order valence-electron chi connectivity index (χ4n) is 2.02. The molecule has 1 aromatic carbocycles. The molecule has 2 rings (SSSR count). The Labute approximate surface area is 101 Å². The van der Waals surface area contributed by atoms with Gasteiger partial charge in [0.1, 0.15) is 6.61 Å². The van der Waals surface area contributed by atoms with Gasteiger partial charge in [0.05, 0.1) is 12.1 Å². The Bertz CT molecular complexity index is 378. The molecular weight excluding hydrogens is 216 g/mol. The van der Waals surface area contributed by atoms with Crippen LogP contribution >= 0.6 is 0 Å². The number of nitrogens with zero attached hydrogens (tertiary/aromatic N) is 1. The molecule has 0 saturated heterocycles. The third-order valence-corrected chi connectivity index (χ3v) is 2.95. The van der Waals surface area contributed by atoms with Gasteiger partial charge in [0.15, 0.2) is 0 Å². The van der Waals surface area contributed by atoms with Crippen LogP contribution in [0.25, 0.3) is 0 Å². The van der Waals surface area contributed by atoms with E-state index in [0.29, 0.717) is 12.6 Å². The number of aliphatic imine (C=N–C) groups is 1. The molecule has 0 spiro atoms. The number of ether oxygens (including phenoxy) is 2. The summed E-state index contributed by atoms with van der Waals surface area (Å²) in [5.41, 5.74) is 6.67. The maximum Gasteiger partial charge on any atom is 0.282 e. The predicted molar refractivity (Wildman–Crippen MR) is 66.8 cm³/mol. The first-order chi connectivity index (χ1) is 8.29. The molecule has 0 saturated carbocycles. The summed E-state index contributed by atoms with van der Waals surface area (Å²) in [6, 6.07) is 10.7. The number of hydrogen-bond donors (Lipinski definition) is 1. The zero-order valence-corrected chi connectivity index (χ0v) is 10.0. The minimum atomic E-state index is 0.119. The predicted octanol–water partition coefficient (Wildman–Crippen LogP) is 1.87. The highest BCUT2D eigenvalue weighted by molar-refractivity contribution is 5.72. The maximum atomic E-state index is 5.50. The Balaban J connectivity index is 1.88. The van der Waals surface area contributed by atoms with Crippen LogP contribution in [0.1, 0.15) is 24.5 Å². The molecule has 0 amide bonds. The minimum Gasteiger partial charge on any atom is -0.463 e. The number of hydrogen-bond acceptors (Lipinski definition) is 4. The highest BCUT2D eigenvalue weighted by Crippen LogP contribution is 2.23. The Morgan fingerprint density at radius 3 is 2.82 bits per heavy atom. The number of benzene rings is 1. The quantitative estimate of drug-likeness (QED) is 0.846. The molecule has 92 valence electrons. The summed E-state index contributed by atoms with van der Waals surface area (Å²) in [5, 5.41) is 0. The van der Waals surface area contributed by atoms with Crippen molar-refractivity contribution in [3.05, 3.63) is 35.9 Å². The molecular formula is C13H18N2O2. The standard InChI is InChI=1S/C13H18N2O2/c1-16-12(10-5-3-2-4-6-10)8-7-11-9-17-13(14)15-11/h2-6,11-12H,7-9H2,1H3,(H2,14,15). The Hall–Kier alpha value is -1.55. The molecule has 1 aliphatic rings. The number of nitrogens with two attached hydrogens (primary N) is 1. The molecule has 0 fully saturated rings. The van der Waals surface area contributed by atoms with Crippen molar-refractivity contribution in [3.63, 3.8) is 0 Å².